The van der Waals surface area contributed by atoms with E-state index in [4.69, 9.17) is 5.73 Å². The number of nitrogens with zero attached hydrogens (tertiary/aromatic N) is 3. The molecule has 2 N–H and O–H groups in total. The second kappa shape index (κ2) is 5.32. The number of hydrogen-bond donors (Lipinski definition) is 1. The molecule has 0 fully saturated rings. The van der Waals surface area contributed by atoms with Gasteiger partial charge in [-0.25, -0.2) is 4.39 Å². The van der Waals surface area contributed by atoms with Crippen LogP contribution in [-0.2, 0) is 6.54 Å². The molecule has 0 saturated carbocycles. The van der Waals surface area contributed by atoms with Gasteiger partial charge < -0.3 is 10.6 Å². The molecular formula is C14H17FN4. The van der Waals surface area contributed by atoms with Crippen LogP contribution < -0.4 is 10.6 Å². The largest absolute Gasteiger partial charge is 0.326 e. The van der Waals surface area contributed by atoms with Crippen molar-refractivity contribution in [1.82, 2.24) is 10.2 Å². The maximum absolute atomic E-state index is 13.8. The van der Waals surface area contributed by atoms with Gasteiger partial charge in [0, 0.05) is 19.2 Å². The van der Waals surface area contributed by atoms with E-state index in [1.54, 1.807) is 30.1 Å². The highest BCUT2D eigenvalue weighted by Gasteiger charge is 2.16. The number of para-hydroxylation sites is 1. The minimum Gasteiger partial charge on any atom is -0.326 e. The van der Waals surface area contributed by atoms with E-state index in [0.29, 0.717) is 18.1 Å². The molecule has 0 unspecified atom stereocenters. The molecule has 0 bridgehead atoms. The molecule has 4 nitrogen and oxygen atoms in total. The van der Waals surface area contributed by atoms with Crippen LogP contribution in [0.15, 0.2) is 24.3 Å². The van der Waals surface area contributed by atoms with Gasteiger partial charge in [0.25, 0.3) is 0 Å². The van der Waals surface area contributed by atoms with Crippen molar-refractivity contribution in [3.63, 3.8) is 0 Å². The molecule has 2 rings (SSSR count). The van der Waals surface area contributed by atoms with E-state index in [1.807, 2.05) is 13.8 Å². The maximum Gasteiger partial charge on any atom is 0.160 e. The van der Waals surface area contributed by atoms with E-state index in [0.717, 1.165) is 16.8 Å². The molecule has 1 aromatic carbocycles. The number of aryl methyl sites for hydroxylation is 1. The molecule has 100 valence electrons. The van der Waals surface area contributed by atoms with E-state index in [9.17, 15) is 4.39 Å². The molecule has 0 radical (unpaired) electrons. The lowest BCUT2D eigenvalue weighted by Gasteiger charge is -2.22. The zero-order valence-corrected chi connectivity index (χ0v) is 11.3. The van der Waals surface area contributed by atoms with Crippen LogP contribution >= 0.6 is 0 Å². The number of hydrogen-bond acceptors (Lipinski definition) is 4. The van der Waals surface area contributed by atoms with Gasteiger partial charge in [-0.3, -0.25) is 0 Å². The lowest BCUT2D eigenvalue weighted by Crippen LogP contribution is -2.18. The lowest BCUT2D eigenvalue weighted by atomic mass is 10.1. The first-order valence-corrected chi connectivity index (χ1v) is 6.07. The molecule has 0 amide bonds. The second-order valence-electron chi connectivity index (χ2n) is 4.43. The zero-order chi connectivity index (χ0) is 14.0. The average Bonchev–Trinajstić information content (AvgIpc) is 2.41. The zero-order valence-electron chi connectivity index (χ0n) is 11.3. The summed E-state index contributed by atoms with van der Waals surface area (Å²) >= 11 is 0. The molecule has 5 heteroatoms. The third-order valence-corrected chi connectivity index (χ3v) is 3.30. The third-order valence-electron chi connectivity index (χ3n) is 3.30. The fourth-order valence-electron chi connectivity index (χ4n) is 2.00. The molecule has 0 spiro atoms. The summed E-state index contributed by atoms with van der Waals surface area (Å²) in [5.41, 5.74) is 8.96. The quantitative estimate of drug-likeness (QED) is 0.921. The predicted octanol–water partition coefficient (Wildman–Crippen LogP) is 2.46. The van der Waals surface area contributed by atoms with Crippen LogP contribution in [0, 0.1) is 19.7 Å². The Hall–Kier alpha value is -2.01. The van der Waals surface area contributed by atoms with Crippen molar-refractivity contribution in [2.24, 2.45) is 5.73 Å². The minimum absolute atomic E-state index is 0.298. The summed E-state index contributed by atoms with van der Waals surface area (Å²) in [7, 11) is 1.76. The van der Waals surface area contributed by atoms with Crippen molar-refractivity contribution in [3.8, 4) is 0 Å². The van der Waals surface area contributed by atoms with Crippen LogP contribution in [0.4, 0.5) is 15.9 Å². The molecule has 1 heterocycles. The molecule has 2 aromatic rings. The average molecular weight is 260 g/mol. The smallest absolute Gasteiger partial charge is 0.160 e. The summed E-state index contributed by atoms with van der Waals surface area (Å²) in [6.45, 7) is 4.18. The Morgan fingerprint density at radius 3 is 2.53 bits per heavy atom. The van der Waals surface area contributed by atoms with E-state index in [2.05, 4.69) is 10.2 Å². The first-order valence-electron chi connectivity index (χ1n) is 6.07. The number of aromatic nitrogens is 2. The summed E-state index contributed by atoms with van der Waals surface area (Å²) in [4.78, 5) is 1.68. The first-order chi connectivity index (χ1) is 9.06. The van der Waals surface area contributed by atoms with Crippen LogP contribution in [0.25, 0.3) is 0 Å². The number of nitrogens with two attached hydrogens (primary N) is 1. The lowest BCUT2D eigenvalue weighted by molar-refractivity contribution is 0.627. The van der Waals surface area contributed by atoms with Gasteiger partial charge in [0.15, 0.2) is 5.82 Å². The predicted molar refractivity (Wildman–Crippen MR) is 73.9 cm³/mol. The van der Waals surface area contributed by atoms with Gasteiger partial charge in [-0.1, -0.05) is 12.1 Å². The monoisotopic (exact) mass is 260 g/mol. The van der Waals surface area contributed by atoms with Crippen molar-refractivity contribution in [3.05, 3.63) is 46.9 Å². The standard InChI is InChI=1S/C14H17FN4/c1-9-10(2)17-18-14(11(9)8-16)19(3)13-7-5-4-6-12(13)15/h4-7H,8,16H2,1-3H3. The fraction of sp³-hybridized carbons (Fsp3) is 0.286. The Labute approximate surface area is 112 Å². The van der Waals surface area contributed by atoms with E-state index >= 15 is 0 Å². The van der Waals surface area contributed by atoms with Crippen molar-refractivity contribution in [2.45, 2.75) is 20.4 Å². The summed E-state index contributed by atoms with van der Waals surface area (Å²) in [6, 6.07) is 6.56. The molecule has 0 aliphatic carbocycles. The van der Waals surface area contributed by atoms with Crippen molar-refractivity contribution >= 4 is 11.5 Å². The Morgan fingerprint density at radius 2 is 1.89 bits per heavy atom. The second-order valence-corrected chi connectivity index (χ2v) is 4.43. The van der Waals surface area contributed by atoms with Gasteiger partial charge in [0.05, 0.1) is 11.4 Å². The van der Waals surface area contributed by atoms with Gasteiger partial charge in [-0.05, 0) is 31.5 Å². The fourth-order valence-corrected chi connectivity index (χ4v) is 2.00. The number of anilines is 2. The number of halogens is 1. The van der Waals surface area contributed by atoms with Crippen LogP contribution in [-0.4, -0.2) is 17.2 Å². The molecule has 0 atom stereocenters. The van der Waals surface area contributed by atoms with Gasteiger partial charge in [-0.15, -0.1) is 5.10 Å². The van der Waals surface area contributed by atoms with Crippen molar-refractivity contribution in [2.75, 3.05) is 11.9 Å². The molecule has 1 aromatic heterocycles. The van der Waals surface area contributed by atoms with E-state index < -0.39 is 0 Å². The van der Waals surface area contributed by atoms with Crippen LogP contribution in [0.3, 0.4) is 0 Å². The first kappa shape index (κ1) is 13.4. The van der Waals surface area contributed by atoms with Crippen molar-refractivity contribution < 1.29 is 4.39 Å². The summed E-state index contributed by atoms with van der Waals surface area (Å²) in [6.07, 6.45) is 0. The van der Waals surface area contributed by atoms with Crippen LogP contribution in [0.2, 0.25) is 0 Å². The Kier molecular flexibility index (Phi) is 3.76. The van der Waals surface area contributed by atoms with Gasteiger partial charge in [-0.2, -0.15) is 5.10 Å². The number of rotatable bonds is 3. The van der Waals surface area contributed by atoms with Gasteiger partial charge in [0.1, 0.15) is 5.82 Å². The normalized spacial score (nSPS) is 10.6. The van der Waals surface area contributed by atoms with E-state index in [-0.39, 0.29) is 5.82 Å². The Morgan fingerprint density at radius 1 is 1.21 bits per heavy atom. The number of benzene rings is 1. The Balaban J connectivity index is 2.53. The van der Waals surface area contributed by atoms with E-state index in [1.165, 1.54) is 6.07 Å². The highest BCUT2D eigenvalue weighted by atomic mass is 19.1. The summed E-state index contributed by atoms with van der Waals surface area (Å²) in [5, 5.41) is 8.25. The maximum atomic E-state index is 13.8. The third kappa shape index (κ3) is 2.42. The molecular weight excluding hydrogens is 243 g/mol. The van der Waals surface area contributed by atoms with Gasteiger partial charge >= 0.3 is 0 Å². The minimum atomic E-state index is -0.298. The Bertz CT molecular complexity index is 598. The highest BCUT2D eigenvalue weighted by Crippen LogP contribution is 2.28. The van der Waals surface area contributed by atoms with Crippen molar-refractivity contribution in [1.29, 1.82) is 0 Å². The molecule has 0 saturated heterocycles. The van der Waals surface area contributed by atoms with Gasteiger partial charge in [0.2, 0.25) is 0 Å². The van der Waals surface area contributed by atoms with Crippen LogP contribution in [0.1, 0.15) is 16.8 Å². The molecule has 19 heavy (non-hydrogen) atoms. The summed E-state index contributed by atoms with van der Waals surface area (Å²) < 4.78 is 13.8. The highest BCUT2D eigenvalue weighted by molar-refractivity contribution is 5.63. The summed E-state index contributed by atoms with van der Waals surface area (Å²) in [5.74, 6) is 0.295. The SMILES string of the molecule is Cc1nnc(N(C)c2ccccc2F)c(CN)c1C. The van der Waals surface area contributed by atoms with Crippen LogP contribution in [0.5, 0.6) is 0 Å². The molecule has 0 aliphatic heterocycles. The molecule has 0 aliphatic rings. The topological polar surface area (TPSA) is 55.0 Å².